The molecule has 0 bridgehead atoms. The number of hydrogen-bond donors (Lipinski definition) is 2. The predicted octanol–water partition coefficient (Wildman–Crippen LogP) is 3.57. The van der Waals surface area contributed by atoms with Crippen molar-refractivity contribution in [3.8, 4) is 11.4 Å². The Kier molecular flexibility index (Phi) is 5.80. The Labute approximate surface area is 226 Å². The third-order valence-electron chi connectivity index (χ3n) is 8.58. The lowest BCUT2D eigenvalue weighted by molar-refractivity contribution is -0.179. The standard InChI is InChI=1S/C27H25F4N3O5Si/c1-4-40(38)20-8-19-23-14(9-34(19)25(36)15(20)10-39-26(40)37)22-17(33-24(35)12(3)27(29,30)31)6-5-13-11(2)16(28)7-18(32-23)21(13)22/h7-8,12,17,38H,4-6,9-10H2,1-3H3,(H,33,35)/t12-,17+,40+/m1/s1. The second-order valence-corrected chi connectivity index (χ2v) is 14.0. The van der Waals surface area contributed by atoms with Crippen molar-refractivity contribution in [3.63, 3.8) is 0 Å². The summed E-state index contributed by atoms with van der Waals surface area (Å²) < 4.78 is 61.5. The molecule has 3 aliphatic rings. The van der Waals surface area contributed by atoms with E-state index in [0.717, 1.165) is 6.92 Å². The van der Waals surface area contributed by atoms with Crippen molar-refractivity contribution in [1.82, 2.24) is 14.9 Å². The van der Waals surface area contributed by atoms with E-state index in [1.807, 2.05) is 0 Å². The number of amides is 1. The summed E-state index contributed by atoms with van der Waals surface area (Å²) in [6, 6.07) is 2.07. The van der Waals surface area contributed by atoms with Gasteiger partial charge in [0.1, 0.15) is 18.3 Å². The smallest absolute Gasteiger partial charge is 0.400 e. The van der Waals surface area contributed by atoms with Gasteiger partial charge in [-0.2, -0.15) is 13.2 Å². The molecule has 1 amide bonds. The Bertz CT molecular complexity index is 1720. The first-order valence-electron chi connectivity index (χ1n) is 13.0. The number of alkyl halides is 3. The molecule has 0 unspecified atom stereocenters. The quantitative estimate of drug-likeness (QED) is 0.286. The molecule has 0 saturated heterocycles. The van der Waals surface area contributed by atoms with Crippen molar-refractivity contribution < 1.29 is 36.7 Å². The van der Waals surface area contributed by atoms with Gasteiger partial charge in [-0.15, -0.1) is 0 Å². The fourth-order valence-corrected chi connectivity index (χ4v) is 8.40. The maximum atomic E-state index is 15.0. The molecule has 8 nitrogen and oxygen atoms in total. The molecule has 3 atom stereocenters. The first-order chi connectivity index (χ1) is 18.8. The van der Waals surface area contributed by atoms with Crippen molar-refractivity contribution in [1.29, 1.82) is 0 Å². The van der Waals surface area contributed by atoms with E-state index in [9.17, 15) is 36.7 Å². The molecule has 0 radical (unpaired) electrons. The molecule has 2 aliphatic heterocycles. The summed E-state index contributed by atoms with van der Waals surface area (Å²) in [5.74, 6) is -3.92. The molecule has 2 N–H and O–H groups in total. The average Bonchev–Trinajstić information content (AvgIpc) is 3.27. The minimum absolute atomic E-state index is 0.00612. The van der Waals surface area contributed by atoms with Crippen molar-refractivity contribution in [2.75, 3.05) is 0 Å². The van der Waals surface area contributed by atoms with Crippen LogP contribution in [-0.4, -0.2) is 40.3 Å². The topological polar surface area (TPSA) is 111 Å². The number of nitrogens with one attached hydrogen (secondary N) is 1. The normalized spacial score (nSPS) is 21.9. The first kappa shape index (κ1) is 26.6. The molecule has 0 saturated carbocycles. The first-order valence-corrected chi connectivity index (χ1v) is 15.1. The Hall–Kier alpha value is -3.58. The largest absolute Gasteiger partial charge is 0.463 e. The summed E-state index contributed by atoms with van der Waals surface area (Å²) in [5, 5.41) is 3.34. The van der Waals surface area contributed by atoms with E-state index in [0.29, 0.717) is 45.4 Å². The third-order valence-corrected chi connectivity index (χ3v) is 11.8. The molecule has 1 aliphatic carbocycles. The van der Waals surface area contributed by atoms with E-state index in [1.54, 1.807) is 19.9 Å². The van der Waals surface area contributed by atoms with Gasteiger partial charge in [0.15, 0.2) is 0 Å². The Balaban J connectivity index is 1.60. The van der Waals surface area contributed by atoms with E-state index < -0.39 is 49.3 Å². The van der Waals surface area contributed by atoms with E-state index in [-0.39, 0.29) is 41.9 Å². The van der Waals surface area contributed by atoms with Crippen LogP contribution in [-0.2, 0) is 29.1 Å². The fraction of sp³-hybridized carbons (Fsp3) is 0.407. The van der Waals surface area contributed by atoms with Crippen LogP contribution in [0, 0.1) is 18.7 Å². The van der Waals surface area contributed by atoms with Crippen LogP contribution in [0.25, 0.3) is 22.3 Å². The zero-order chi connectivity index (χ0) is 28.9. The number of fused-ring (bicyclic) bond motifs is 5. The van der Waals surface area contributed by atoms with Gasteiger partial charge in [0.05, 0.1) is 35.1 Å². The maximum Gasteiger partial charge on any atom is 0.400 e. The second-order valence-electron chi connectivity index (χ2n) is 10.7. The van der Waals surface area contributed by atoms with Crippen LogP contribution in [0.4, 0.5) is 22.4 Å². The Morgan fingerprint density at radius 3 is 2.67 bits per heavy atom. The SMILES string of the molecule is CC[Si@@]1(O)C(=O)OCc2c1cc1n(c2=O)Cc2c-1nc1cc(F)c(C)c3c1c2[C@@H](NC(=O)[C@@H](C)C(F)(F)F)CC3. The van der Waals surface area contributed by atoms with Crippen LogP contribution in [0.3, 0.4) is 0 Å². The molecule has 2 aromatic heterocycles. The predicted molar refractivity (Wildman–Crippen MR) is 138 cm³/mol. The minimum atomic E-state index is -4.73. The van der Waals surface area contributed by atoms with Crippen molar-refractivity contribution in [3.05, 3.63) is 56.1 Å². The number of hydrogen-bond acceptors (Lipinski definition) is 6. The molecule has 0 spiro atoms. The van der Waals surface area contributed by atoms with Gasteiger partial charge in [0, 0.05) is 17.0 Å². The van der Waals surface area contributed by atoms with E-state index in [2.05, 4.69) is 5.32 Å². The van der Waals surface area contributed by atoms with Gasteiger partial charge in [-0.1, -0.05) is 6.92 Å². The summed E-state index contributed by atoms with van der Waals surface area (Å²) in [7, 11) is -3.81. The number of nitrogens with zero attached hydrogens (tertiary/aromatic N) is 2. The molecule has 210 valence electrons. The lowest BCUT2D eigenvalue weighted by atomic mass is 9.81. The summed E-state index contributed by atoms with van der Waals surface area (Å²) >= 11 is 0. The highest BCUT2D eigenvalue weighted by Gasteiger charge is 2.49. The molecule has 1 aromatic carbocycles. The second kappa shape index (κ2) is 8.71. The third kappa shape index (κ3) is 3.59. The molecule has 13 heteroatoms. The van der Waals surface area contributed by atoms with Crippen LogP contribution in [0.1, 0.15) is 54.1 Å². The lowest BCUT2D eigenvalue weighted by Crippen LogP contribution is -2.61. The van der Waals surface area contributed by atoms with Crippen LogP contribution in [0.5, 0.6) is 0 Å². The molecule has 40 heavy (non-hydrogen) atoms. The molecular weight excluding hydrogens is 550 g/mol. The highest BCUT2D eigenvalue weighted by molar-refractivity contribution is 7.09. The number of aryl methyl sites for hydroxylation is 1. The van der Waals surface area contributed by atoms with Gasteiger partial charge < -0.3 is 19.4 Å². The number of halogens is 4. The Morgan fingerprint density at radius 2 is 2.00 bits per heavy atom. The van der Waals surface area contributed by atoms with Gasteiger partial charge in [0.25, 0.3) is 5.56 Å². The van der Waals surface area contributed by atoms with Gasteiger partial charge >= 0.3 is 20.1 Å². The highest BCUT2D eigenvalue weighted by atomic mass is 28.4. The minimum Gasteiger partial charge on any atom is -0.463 e. The zero-order valence-corrected chi connectivity index (χ0v) is 22.8. The van der Waals surface area contributed by atoms with Crippen molar-refractivity contribution >= 4 is 35.9 Å². The monoisotopic (exact) mass is 575 g/mol. The number of cyclic esters (lactones) is 1. The molecule has 6 rings (SSSR count). The van der Waals surface area contributed by atoms with Crippen LogP contribution in [0.15, 0.2) is 16.9 Å². The van der Waals surface area contributed by atoms with Crippen LogP contribution >= 0.6 is 0 Å². The average molecular weight is 576 g/mol. The zero-order valence-electron chi connectivity index (χ0n) is 21.8. The molecular formula is C27H25F4N3O5Si. The maximum absolute atomic E-state index is 15.0. The lowest BCUT2D eigenvalue weighted by Gasteiger charge is -2.30. The fourth-order valence-electron chi connectivity index (χ4n) is 6.14. The van der Waals surface area contributed by atoms with Gasteiger partial charge in [-0.05, 0) is 60.7 Å². The molecule has 0 fully saturated rings. The number of benzene rings is 1. The van der Waals surface area contributed by atoms with Crippen molar-refractivity contribution in [2.24, 2.45) is 5.92 Å². The Morgan fingerprint density at radius 1 is 1.27 bits per heavy atom. The number of rotatable bonds is 3. The number of pyridine rings is 2. The van der Waals surface area contributed by atoms with Crippen molar-refractivity contribution in [2.45, 2.75) is 65.0 Å². The van der Waals surface area contributed by atoms with Crippen LogP contribution < -0.4 is 16.1 Å². The summed E-state index contributed by atoms with van der Waals surface area (Å²) in [4.78, 5) is 54.8. The number of carbonyl (C=O) groups is 2. The summed E-state index contributed by atoms with van der Waals surface area (Å²) in [5.41, 5.74) is 1.90. The summed E-state index contributed by atoms with van der Waals surface area (Å²) in [6.45, 7) is 3.77. The van der Waals surface area contributed by atoms with Gasteiger partial charge in [0.2, 0.25) is 5.91 Å². The molecule has 3 aromatic rings. The van der Waals surface area contributed by atoms with E-state index in [4.69, 9.17) is 9.72 Å². The molecule has 4 heterocycles. The van der Waals surface area contributed by atoms with E-state index >= 15 is 0 Å². The van der Waals surface area contributed by atoms with Gasteiger partial charge in [-0.3, -0.25) is 14.4 Å². The number of carbonyl (C=O) groups excluding carboxylic acids is 2. The van der Waals surface area contributed by atoms with Crippen LogP contribution in [0.2, 0.25) is 6.04 Å². The highest BCUT2D eigenvalue weighted by Crippen LogP contribution is 2.45. The number of aromatic nitrogens is 2. The van der Waals surface area contributed by atoms with E-state index in [1.165, 1.54) is 10.6 Å². The number of ether oxygens (including phenoxy) is 1. The summed E-state index contributed by atoms with van der Waals surface area (Å²) in [6.07, 6.45) is -4.19. The van der Waals surface area contributed by atoms with Gasteiger partial charge in [-0.25, -0.2) is 9.37 Å².